The first kappa shape index (κ1) is 11.9. The number of hydrogen-bond donors (Lipinski definition) is 1. The summed E-state index contributed by atoms with van der Waals surface area (Å²) in [5, 5.41) is 7.46. The second-order valence-corrected chi connectivity index (χ2v) is 5.86. The van der Waals surface area contributed by atoms with E-state index in [1.165, 1.54) is 31.2 Å². The fourth-order valence-corrected chi connectivity index (χ4v) is 3.25. The Hall–Kier alpha value is -1.16. The van der Waals surface area contributed by atoms with Crippen molar-refractivity contribution in [3.8, 4) is 11.4 Å². The molecule has 4 heteroatoms. The summed E-state index contributed by atoms with van der Waals surface area (Å²) in [5.74, 6) is 2.43. The van der Waals surface area contributed by atoms with Crippen LogP contribution in [0, 0.1) is 6.92 Å². The summed E-state index contributed by atoms with van der Waals surface area (Å²) in [6, 6.07) is 6.26. The van der Waals surface area contributed by atoms with Crippen molar-refractivity contribution in [1.82, 2.24) is 15.2 Å². The predicted octanol–water partition coefficient (Wildman–Crippen LogP) is 4.20. The molecule has 0 amide bonds. The average Bonchev–Trinajstić information content (AvgIpc) is 2.99. The van der Waals surface area contributed by atoms with Gasteiger partial charge in [0.25, 0.3) is 0 Å². The van der Waals surface area contributed by atoms with E-state index in [0.29, 0.717) is 5.92 Å². The lowest BCUT2D eigenvalue weighted by Crippen LogP contribution is -1.94. The Morgan fingerprint density at radius 1 is 1.28 bits per heavy atom. The number of H-pyrrole nitrogens is 1. The largest absolute Gasteiger partial charge is 0.262 e. The molecule has 0 bridgehead atoms. The van der Waals surface area contributed by atoms with Crippen LogP contribution in [0.3, 0.4) is 0 Å². The Balaban J connectivity index is 1.92. The second-order valence-electron chi connectivity index (χ2n) is 5.01. The highest BCUT2D eigenvalue weighted by molar-refractivity contribution is 9.10. The lowest BCUT2D eigenvalue weighted by Gasteiger charge is -2.03. The molecule has 18 heavy (non-hydrogen) atoms. The second kappa shape index (κ2) is 4.84. The molecule has 0 spiro atoms. The zero-order chi connectivity index (χ0) is 12.5. The molecular weight excluding hydrogens is 290 g/mol. The van der Waals surface area contributed by atoms with E-state index in [4.69, 9.17) is 0 Å². The smallest absolute Gasteiger partial charge is 0.182 e. The maximum atomic E-state index is 4.66. The molecule has 1 aliphatic carbocycles. The van der Waals surface area contributed by atoms with Crippen molar-refractivity contribution in [1.29, 1.82) is 0 Å². The van der Waals surface area contributed by atoms with Crippen molar-refractivity contribution >= 4 is 15.9 Å². The molecule has 0 aliphatic heterocycles. The summed E-state index contributed by atoms with van der Waals surface area (Å²) in [6.07, 6.45) is 5.11. The minimum atomic E-state index is 0.579. The van der Waals surface area contributed by atoms with Gasteiger partial charge < -0.3 is 0 Å². The van der Waals surface area contributed by atoms with Crippen LogP contribution in [0.2, 0.25) is 0 Å². The van der Waals surface area contributed by atoms with E-state index < -0.39 is 0 Å². The first-order valence-electron chi connectivity index (χ1n) is 6.43. The Morgan fingerprint density at radius 2 is 2.06 bits per heavy atom. The average molecular weight is 306 g/mol. The molecular formula is C14H16BrN3. The van der Waals surface area contributed by atoms with Crippen LogP contribution in [0.1, 0.15) is 43.0 Å². The molecule has 3 nitrogen and oxygen atoms in total. The normalized spacial score (nSPS) is 16.3. The third kappa shape index (κ3) is 2.21. The molecule has 1 N–H and O–H groups in total. The predicted molar refractivity (Wildman–Crippen MR) is 75.5 cm³/mol. The zero-order valence-corrected chi connectivity index (χ0v) is 12.0. The minimum Gasteiger partial charge on any atom is -0.262 e. The van der Waals surface area contributed by atoms with Crippen LogP contribution in [0.4, 0.5) is 0 Å². The molecule has 94 valence electrons. The Labute approximate surface area is 115 Å². The topological polar surface area (TPSA) is 41.6 Å². The van der Waals surface area contributed by atoms with Gasteiger partial charge in [0.05, 0.1) is 0 Å². The highest BCUT2D eigenvalue weighted by Crippen LogP contribution is 2.33. The van der Waals surface area contributed by atoms with Crippen LogP contribution in [0.5, 0.6) is 0 Å². The third-order valence-corrected chi connectivity index (χ3v) is 4.27. The van der Waals surface area contributed by atoms with Crippen LogP contribution in [0.15, 0.2) is 22.7 Å². The van der Waals surface area contributed by atoms with Gasteiger partial charge in [-0.25, -0.2) is 4.98 Å². The van der Waals surface area contributed by atoms with E-state index >= 15 is 0 Å². The molecule has 0 radical (unpaired) electrons. The van der Waals surface area contributed by atoms with Gasteiger partial charge in [0.15, 0.2) is 5.82 Å². The molecule has 0 saturated heterocycles. The first-order valence-corrected chi connectivity index (χ1v) is 7.22. The fourth-order valence-electron chi connectivity index (χ4n) is 2.58. The third-order valence-electron chi connectivity index (χ3n) is 3.61. The molecule has 1 fully saturated rings. The molecule has 0 unspecified atom stereocenters. The number of nitrogens with one attached hydrogen (secondary N) is 1. The number of rotatable bonds is 2. The van der Waals surface area contributed by atoms with E-state index in [1.807, 2.05) is 0 Å². The molecule has 2 aromatic rings. The summed E-state index contributed by atoms with van der Waals surface area (Å²) in [4.78, 5) is 4.66. The van der Waals surface area contributed by atoms with Crippen LogP contribution < -0.4 is 0 Å². The summed E-state index contributed by atoms with van der Waals surface area (Å²) < 4.78 is 1.06. The molecule has 1 heterocycles. The van der Waals surface area contributed by atoms with E-state index in [2.05, 4.69) is 56.2 Å². The standard InChI is InChI=1S/C14H16BrN3/c1-9-6-7-11(12(15)8-9)14-16-13(17-18-14)10-4-2-3-5-10/h6-8,10H,2-5H2,1H3,(H,16,17,18). The maximum absolute atomic E-state index is 4.66. The van der Waals surface area contributed by atoms with Gasteiger partial charge >= 0.3 is 0 Å². The first-order chi connectivity index (χ1) is 8.74. The number of halogens is 1. The van der Waals surface area contributed by atoms with Crippen LogP contribution in [-0.4, -0.2) is 15.2 Å². The van der Waals surface area contributed by atoms with E-state index in [9.17, 15) is 0 Å². The fraction of sp³-hybridized carbons (Fsp3) is 0.429. The van der Waals surface area contributed by atoms with Gasteiger partial charge in [0, 0.05) is 16.0 Å². The molecule has 3 rings (SSSR count). The summed E-state index contributed by atoms with van der Waals surface area (Å²) >= 11 is 3.58. The maximum Gasteiger partial charge on any atom is 0.182 e. The van der Waals surface area contributed by atoms with Gasteiger partial charge in [-0.2, -0.15) is 5.10 Å². The summed E-state index contributed by atoms with van der Waals surface area (Å²) in [6.45, 7) is 2.08. The Morgan fingerprint density at radius 3 is 2.78 bits per heavy atom. The van der Waals surface area contributed by atoms with Crippen molar-refractivity contribution in [3.63, 3.8) is 0 Å². The quantitative estimate of drug-likeness (QED) is 0.903. The van der Waals surface area contributed by atoms with Crippen molar-refractivity contribution in [2.24, 2.45) is 0 Å². The van der Waals surface area contributed by atoms with Gasteiger partial charge in [-0.05, 0) is 37.5 Å². The minimum absolute atomic E-state index is 0.579. The van der Waals surface area contributed by atoms with Crippen molar-refractivity contribution in [3.05, 3.63) is 34.1 Å². The van der Waals surface area contributed by atoms with Crippen LogP contribution in [-0.2, 0) is 0 Å². The number of aromatic nitrogens is 3. The molecule has 1 aromatic heterocycles. The van der Waals surface area contributed by atoms with Gasteiger partial charge in [-0.1, -0.05) is 34.8 Å². The number of aryl methyl sites for hydroxylation is 1. The van der Waals surface area contributed by atoms with Crippen molar-refractivity contribution in [2.45, 2.75) is 38.5 Å². The lowest BCUT2D eigenvalue weighted by molar-refractivity contribution is 0.672. The zero-order valence-electron chi connectivity index (χ0n) is 10.4. The summed E-state index contributed by atoms with van der Waals surface area (Å²) in [5.41, 5.74) is 2.29. The van der Waals surface area contributed by atoms with Gasteiger partial charge in [0.1, 0.15) is 5.82 Å². The van der Waals surface area contributed by atoms with Crippen LogP contribution >= 0.6 is 15.9 Å². The van der Waals surface area contributed by atoms with E-state index in [1.54, 1.807) is 0 Å². The SMILES string of the molecule is Cc1ccc(-c2n[nH]c(C3CCCC3)n2)c(Br)c1. The van der Waals surface area contributed by atoms with Crippen molar-refractivity contribution in [2.75, 3.05) is 0 Å². The number of hydrogen-bond acceptors (Lipinski definition) is 2. The highest BCUT2D eigenvalue weighted by atomic mass is 79.9. The lowest BCUT2D eigenvalue weighted by atomic mass is 10.1. The van der Waals surface area contributed by atoms with Crippen molar-refractivity contribution < 1.29 is 0 Å². The molecule has 0 atom stereocenters. The Kier molecular flexibility index (Phi) is 3.20. The Bertz CT molecular complexity index is 556. The monoisotopic (exact) mass is 305 g/mol. The van der Waals surface area contributed by atoms with Gasteiger partial charge in [0.2, 0.25) is 0 Å². The number of aromatic amines is 1. The molecule has 1 aliphatic rings. The van der Waals surface area contributed by atoms with Gasteiger partial charge in [-0.15, -0.1) is 0 Å². The molecule has 1 aromatic carbocycles. The number of nitrogens with zero attached hydrogens (tertiary/aromatic N) is 2. The molecule has 1 saturated carbocycles. The van der Waals surface area contributed by atoms with E-state index in [0.717, 1.165) is 21.7 Å². The van der Waals surface area contributed by atoms with Crippen LogP contribution in [0.25, 0.3) is 11.4 Å². The summed E-state index contributed by atoms with van der Waals surface area (Å²) in [7, 11) is 0. The van der Waals surface area contributed by atoms with E-state index in [-0.39, 0.29) is 0 Å². The number of benzene rings is 1. The highest BCUT2D eigenvalue weighted by Gasteiger charge is 2.21. The van der Waals surface area contributed by atoms with Gasteiger partial charge in [-0.3, -0.25) is 5.10 Å².